The predicted octanol–water partition coefficient (Wildman–Crippen LogP) is 3.24. The quantitative estimate of drug-likeness (QED) is 0.659. The van der Waals surface area contributed by atoms with E-state index < -0.39 is 18.6 Å². The Morgan fingerprint density at radius 1 is 1.39 bits per heavy atom. The van der Waals surface area contributed by atoms with Crippen LogP contribution in [-0.2, 0) is 11.8 Å². The molecular weight excluding hydrogens is 308 g/mol. The second kappa shape index (κ2) is 5.79. The van der Waals surface area contributed by atoms with E-state index in [9.17, 15) is 13.2 Å². The van der Waals surface area contributed by atoms with Crippen LogP contribution in [0.4, 0.5) is 13.2 Å². The fourth-order valence-corrected chi connectivity index (χ4v) is 2.55. The number of alkyl halides is 3. The Balaban J connectivity index is 2.77. The van der Waals surface area contributed by atoms with Crippen LogP contribution in [0, 0.1) is 6.92 Å². The Labute approximate surface area is 111 Å². The molecule has 102 valence electrons. The fraction of sp³-hybridized carbons (Fsp3) is 0.333. The normalized spacial score (nSPS) is 12.6. The lowest BCUT2D eigenvalue weighted by Crippen LogP contribution is -2.10. The minimum Gasteiger partial charge on any atom is -0.424 e. The van der Waals surface area contributed by atoms with Crippen LogP contribution in [0.3, 0.4) is 0 Å². The maximum absolute atomic E-state index is 12.1. The first kappa shape index (κ1) is 15.8. The Bertz CT molecular complexity index is 473. The molecule has 9 heteroatoms. The Morgan fingerprint density at radius 3 is 2.44 bits per heavy atom. The summed E-state index contributed by atoms with van der Waals surface area (Å²) < 4.78 is 40.8. The highest BCUT2D eigenvalue weighted by molar-refractivity contribution is 8.06. The monoisotopic (exact) mass is 318 g/mol. The van der Waals surface area contributed by atoms with Crippen LogP contribution in [-0.4, -0.2) is 21.7 Å². The molecule has 0 saturated heterocycles. The Morgan fingerprint density at radius 2 is 2.00 bits per heavy atom. The molecule has 0 aliphatic heterocycles. The molecule has 1 aromatic rings. The maximum Gasteiger partial charge on any atom is 0.398 e. The average molecular weight is 318 g/mol. The van der Waals surface area contributed by atoms with Crippen molar-refractivity contribution in [2.45, 2.75) is 18.0 Å². The zero-order valence-corrected chi connectivity index (χ0v) is 11.7. The van der Waals surface area contributed by atoms with Gasteiger partial charge in [0.05, 0.1) is 5.75 Å². The number of rotatable bonds is 4. The van der Waals surface area contributed by atoms with Gasteiger partial charge in [0, 0.05) is 16.7 Å². The maximum atomic E-state index is 12.1. The minimum absolute atomic E-state index is 0.122. The molecule has 18 heavy (non-hydrogen) atoms. The van der Waals surface area contributed by atoms with E-state index in [2.05, 4.69) is 16.3 Å². The molecule has 0 saturated carbocycles. The van der Waals surface area contributed by atoms with Crippen molar-refractivity contribution in [2.75, 3.05) is 5.75 Å². The molecule has 0 atom stereocenters. The van der Waals surface area contributed by atoms with Crippen LogP contribution in [0.2, 0.25) is 0 Å². The van der Waals surface area contributed by atoms with Gasteiger partial charge in [-0.1, -0.05) is 0 Å². The van der Waals surface area contributed by atoms with Crippen LogP contribution in [0.25, 0.3) is 0 Å². The van der Waals surface area contributed by atoms with Crippen LogP contribution in [0.5, 0.6) is 5.75 Å². The molecule has 0 bridgehead atoms. The Hall–Kier alpha value is -0.270. The van der Waals surface area contributed by atoms with Gasteiger partial charge in [0.25, 0.3) is 0 Å². The van der Waals surface area contributed by atoms with Gasteiger partial charge in [-0.2, -0.15) is 13.2 Å². The molecule has 0 spiro atoms. The zero-order chi connectivity index (χ0) is 14.0. The summed E-state index contributed by atoms with van der Waals surface area (Å²) in [6.45, 7) is -2.22. The Kier molecular flexibility index (Phi) is 5.08. The van der Waals surface area contributed by atoms with Crippen LogP contribution in [0.15, 0.2) is 23.1 Å². The van der Waals surface area contributed by atoms with Crippen LogP contribution in [0.1, 0.15) is 5.56 Å². The van der Waals surface area contributed by atoms with E-state index in [4.69, 9.17) is 9.79 Å². The molecule has 0 amide bonds. The molecule has 3 nitrogen and oxygen atoms in total. The summed E-state index contributed by atoms with van der Waals surface area (Å²) in [6.07, 6.45) is -4.23. The molecule has 1 aromatic carbocycles. The zero-order valence-electron chi connectivity index (χ0n) is 9.14. The first-order chi connectivity index (χ1) is 8.07. The van der Waals surface area contributed by atoms with E-state index in [1.54, 1.807) is 6.92 Å². The minimum atomic E-state index is -4.23. The molecule has 0 aliphatic carbocycles. The van der Waals surface area contributed by atoms with E-state index in [1.807, 2.05) is 0 Å². The highest BCUT2D eigenvalue weighted by Crippen LogP contribution is 2.39. The van der Waals surface area contributed by atoms with Crippen molar-refractivity contribution >= 4 is 30.3 Å². The summed E-state index contributed by atoms with van der Waals surface area (Å²) in [6, 6.07) is 4.18. The standard InChI is InChI=1S/C9H10F3O3PS2/c1-6-4-7(15-16(13,14)17)2-3-8(6)18-5-9(10,11)12/h2-4H,5H2,1H3,(H2,13,14,17). The van der Waals surface area contributed by atoms with E-state index in [0.717, 1.165) is 0 Å². The van der Waals surface area contributed by atoms with Gasteiger partial charge in [-0.3, -0.25) is 0 Å². The van der Waals surface area contributed by atoms with Crippen molar-refractivity contribution in [3.05, 3.63) is 23.8 Å². The van der Waals surface area contributed by atoms with Crippen molar-refractivity contribution in [1.82, 2.24) is 0 Å². The van der Waals surface area contributed by atoms with Crippen LogP contribution >= 0.6 is 18.5 Å². The number of benzene rings is 1. The first-order valence-electron chi connectivity index (χ1n) is 4.62. The van der Waals surface area contributed by atoms with Gasteiger partial charge in [-0.15, -0.1) is 11.8 Å². The van der Waals surface area contributed by atoms with Gasteiger partial charge in [0.15, 0.2) is 0 Å². The van der Waals surface area contributed by atoms with E-state index in [1.165, 1.54) is 18.2 Å². The third-order valence-electron chi connectivity index (χ3n) is 1.76. The number of halogens is 3. The van der Waals surface area contributed by atoms with E-state index in [-0.39, 0.29) is 5.75 Å². The average Bonchev–Trinajstić information content (AvgIpc) is 2.12. The lowest BCUT2D eigenvalue weighted by atomic mass is 10.2. The summed E-state index contributed by atoms with van der Waals surface area (Å²) in [7, 11) is 0. The molecule has 0 radical (unpaired) electrons. The molecule has 1 rings (SSSR count). The van der Waals surface area contributed by atoms with Crippen molar-refractivity contribution < 1.29 is 27.5 Å². The topological polar surface area (TPSA) is 49.7 Å². The number of hydrogen-bond donors (Lipinski definition) is 2. The lowest BCUT2D eigenvalue weighted by molar-refractivity contribution is -0.105. The van der Waals surface area contributed by atoms with E-state index >= 15 is 0 Å². The second-order valence-electron chi connectivity index (χ2n) is 3.41. The number of aryl methyl sites for hydroxylation is 1. The summed E-state index contributed by atoms with van der Waals surface area (Å²) in [5, 5.41) is 0. The van der Waals surface area contributed by atoms with E-state index in [0.29, 0.717) is 22.2 Å². The van der Waals surface area contributed by atoms with Crippen molar-refractivity contribution in [3.8, 4) is 5.75 Å². The summed E-state index contributed by atoms with van der Waals surface area (Å²) in [4.78, 5) is 18.3. The molecule has 0 heterocycles. The second-order valence-corrected chi connectivity index (χ2v) is 7.02. The third-order valence-corrected chi connectivity index (χ3v) is 3.68. The molecular formula is C9H10F3O3PS2. The summed E-state index contributed by atoms with van der Waals surface area (Å²) >= 11 is 4.95. The fourth-order valence-electron chi connectivity index (χ4n) is 1.14. The van der Waals surface area contributed by atoms with Crippen molar-refractivity contribution in [3.63, 3.8) is 0 Å². The summed E-state index contributed by atoms with van der Waals surface area (Å²) in [5.41, 5.74) is 0.546. The van der Waals surface area contributed by atoms with Gasteiger partial charge in [0.1, 0.15) is 5.75 Å². The molecule has 0 aromatic heterocycles. The number of thioether (sulfide) groups is 1. The summed E-state index contributed by atoms with van der Waals surface area (Å²) in [5.74, 6) is -0.858. The number of hydrogen-bond acceptors (Lipinski definition) is 3. The lowest BCUT2D eigenvalue weighted by Gasteiger charge is -2.12. The largest absolute Gasteiger partial charge is 0.424 e. The molecule has 0 aliphatic rings. The molecule has 0 unspecified atom stereocenters. The SMILES string of the molecule is Cc1cc(OP(O)(O)=S)ccc1SCC(F)(F)F. The first-order valence-corrected chi connectivity index (χ1v) is 8.23. The van der Waals surface area contributed by atoms with Crippen LogP contribution < -0.4 is 4.52 Å². The smallest absolute Gasteiger partial charge is 0.398 e. The predicted molar refractivity (Wildman–Crippen MR) is 67.3 cm³/mol. The van der Waals surface area contributed by atoms with Gasteiger partial charge < -0.3 is 14.3 Å². The van der Waals surface area contributed by atoms with Gasteiger partial charge in [-0.05, 0) is 30.7 Å². The van der Waals surface area contributed by atoms with Gasteiger partial charge in [0.2, 0.25) is 0 Å². The molecule has 2 N–H and O–H groups in total. The van der Waals surface area contributed by atoms with Crippen molar-refractivity contribution in [2.24, 2.45) is 0 Å². The third kappa shape index (κ3) is 6.06. The van der Waals surface area contributed by atoms with Gasteiger partial charge >= 0.3 is 12.9 Å². The highest BCUT2D eigenvalue weighted by atomic mass is 32.5. The molecule has 0 fully saturated rings. The highest BCUT2D eigenvalue weighted by Gasteiger charge is 2.27. The van der Waals surface area contributed by atoms with Gasteiger partial charge in [-0.25, -0.2) is 0 Å². The van der Waals surface area contributed by atoms with Crippen molar-refractivity contribution in [1.29, 1.82) is 0 Å².